The van der Waals surface area contributed by atoms with Gasteiger partial charge >= 0.3 is 0 Å². The number of aryl methyl sites for hydroxylation is 2. The molecule has 0 fully saturated rings. The van der Waals surface area contributed by atoms with Gasteiger partial charge in [-0.3, -0.25) is 10.7 Å². The van der Waals surface area contributed by atoms with Crippen LogP contribution in [0.4, 0.5) is 5.13 Å². The van der Waals surface area contributed by atoms with Crippen LogP contribution >= 0.6 is 11.3 Å². The molecule has 0 saturated heterocycles. The fraction of sp³-hybridized carbons (Fsp3) is 0.286. The Morgan fingerprint density at radius 2 is 2.33 bits per heavy atom. The molecule has 0 atom stereocenters. The maximum atomic E-state index is 8.89. The van der Waals surface area contributed by atoms with Crippen molar-refractivity contribution in [2.75, 3.05) is 6.79 Å². The van der Waals surface area contributed by atoms with Crippen LogP contribution in [0.5, 0.6) is 5.75 Å². The Morgan fingerprint density at radius 3 is 3.14 bits per heavy atom. The third-order valence-electron chi connectivity index (χ3n) is 3.34. The van der Waals surface area contributed by atoms with Crippen molar-refractivity contribution in [2.24, 2.45) is 4.99 Å². The Morgan fingerprint density at radius 1 is 1.43 bits per heavy atom. The SMILES string of the molecule is OCOc1ccc2c(c1)-c1nc(/N=C/NO)sc1CCC2. The number of hydrogen-bond donors (Lipinski definition) is 3. The summed E-state index contributed by atoms with van der Waals surface area (Å²) in [6.07, 6.45) is 4.21. The highest BCUT2D eigenvalue weighted by molar-refractivity contribution is 7.15. The molecule has 6 nitrogen and oxygen atoms in total. The van der Waals surface area contributed by atoms with Gasteiger partial charge in [-0.2, -0.15) is 0 Å². The summed E-state index contributed by atoms with van der Waals surface area (Å²) in [5.41, 5.74) is 5.05. The second kappa shape index (κ2) is 6.21. The number of aliphatic hydroxyl groups excluding tert-OH is 1. The number of nitrogens with zero attached hydrogens (tertiary/aromatic N) is 2. The Labute approximate surface area is 125 Å². The van der Waals surface area contributed by atoms with Crippen LogP contribution in [0.25, 0.3) is 11.3 Å². The summed E-state index contributed by atoms with van der Waals surface area (Å²) in [5, 5.41) is 18.1. The van der Waals surface area contributed by atoms with Crippen LogP contribution in [-0.4, -0.2) is 28.4 Å². The largest absolute Gasteiger partial charge is 0.468 e. The summed E-state index contributed by atoms with van der Waals surface area (Å²) in [6.45, 7) is -0.347. The molecular formula is C14H15N3O3S. The molecular weight excluding hydrogens is 290 g/mol. The van der Waals surface area contributed by atoms with E-state index >= 15 is 0 Å². The van der Waals surface area contributed by atoms with E-state index in [1.54, 1.807) is 0 Å². The van der Waals surface area contributed by atoms with E-state index in [1.807, 2.05) is 23.7 Å². The second-order valence-electron chi connectivity index (χ2n) is 4.60. The summed E-state index contributed by atoms with van der Waals surface area (Å²) in [7, 11) is 0. The number of hydrogen-bond acceptors (Lipinski definition) is 6. The van der Waals surface area contributed by atoms with Gasteiger partial charge in [-0.05, 0) is 37.0 Å². The van der Waals surface area contributed by atoms with Crippen molar-refractivity contribution in [1.29, 1.82) is 0 Å². The van der Waals surface area contributed by atoms with Crippen LogP contribution in [0.2, 0.25) is 0 Å². The van der Waals surface area contributed by atoms with E-state index in [-0.39, 0.29) is 6.79 Å². The lowest BCUT2D eigenvalue weighted by molar-refractivity contribution is 0.0986. The first kappa shape index (κ1) is 14.0. The van der Waals surface area contributed by atoms with Gasteiger partial charge in [0.05, 0.1) is 5.69 Å². The van der Waals surface area contributed by atoms with E-state index in [0.717, 1.165) is 30.5 Å². The molecule has 0 amide bonds. The first-order valence-corrected chi connectivity index (χ1v) is 7.42. The topological polar surface area (TPSA) is 87.0 Å². The number of ether oxygens (including phenoxy) is 1. The third kappa shape index (κ3) is 2.90. The van der Waals surface area contributed by atoms with Gasteiger partial charge in [-0.25, -0.2) is 9.98 Å². The summed E-state index contributed by atoms with van der Waals surface area (Å²) in [4.78, 5) is 9.76. The molecule has 1 aliphatic carbocycles. The summed E-state index contributed by atoms with van der Waals surface area (Å²) in [6, 6.07) is 5.79. The number of hydroxylamine groups is 1. The molecule has 0 bridgehead atoms. The molecule has 0 unspecified atom stereocenters. The van der Waals surface area contributed by atoms with Crippen LogP contribution in [0.15, 0.2) is 23.2 Å². The molecule has 0 aliphatic heterocycles. The molecule has 3 N–H and O–H groups in total. The predicted octanol–water partition coefficient (Wildman–Crippen LogP) is 2.27. The van der Waals surface area contributed by atoms with Crippen LogP contribution in [-0.2, 0) is 12.8 Å². The third-order valence-corrected chi connectivity index (χ3v) is 4.36. The average Bonchev–Trinajstić information content (AvgIpc) is 2.82. The zero-order chi connectivity index (χ0) is 14.7. The lowest BCUT2D eigenvalue weighted by Gasteiger charge is -2.08. The van der Waals surface area contributed by atoms with Gasteiger partial charge < -0.3 is 9.84 Å². The molecule has 2 aromatic rings. The van der Waals surface area contributed by atoms with Crippen LogP contribution < -0.4 is 10.2 Å². The van der Waals surface area contributed by atoms with Crippen molar-refractivity contribution in [3.8, 4) is 17.0 Å². The van der Waals surface area contributed by atoms with Gasteiger partial charge in [-0.15, -0.1) is 0 Å². The fourth-order valence-corrected chi connectivity index (χ4v) is 3.42. The van der Waals surface area contributed by atoms with Gasteiger partial charge in [0.25, 0.3) is 0 Å². The summed E-state index contributed by atoms with van der Waals surface area (Å²) >= 11 is 1.52. The molecule has 1 aromatic heterocycles. The number of thiazole rings is 1. The first-order chi connectivity index (χ1) is 10.3. The molecule has 110 valence electrons. The van der Waals surface area contributed by atoms with E-state index < -0.39 is 0 Å². The molecule has 0 spiro atoms. The number of aliphatic hydroxyl groups is 1. The Kier molecular flexibility index (Phi) is 4.14. The Bertz CT molecular complexity index is 669. The maximum absolute atomic E-state index is 8.89. The van der Waals surface area contributed by atoms with E-state index in [9.17, 15) is 0 Å². The van der Waals surface area contributed by atoms with Crippen LogP contribution in [0.3, 0.4) is 0 Å². The fourth-order valence-electron chi connectivity index (χ4n) is 2.46. The van der Waals surface area contributed by atoms with Crippen molar-refractivity contribution in [3.63, 3.8) is 0 Å². The lowest BCUT2D eigenvalue weighted by atomic mass is 10.0. The molecule has 1 aromatic carbocycles. The molecule has 1 aliphatic rings. The van der Waals surface area contributed by atoms with Gasteiger partial charge in [0.1, 0.15) is 12.1 Å². The quantitative estimate of drug-likeness (QED) is 0.349. The lowest BCUT2D eigenvalue weighted by Crippen LogP contribution is -2.00. The molecule has 1 heterocycles. The highest BCUT2D eigenvalue weighted by atomic mass is 32.1. The van der Waals surface area contributed by atoms with Crippen LogP contribution in [0, 0.1) is 0 Å². The van der Waals surface area contributed by atoms with Gasteiger partial charge in [0, 0.05) is 10.4 Å². The number of aromatic nitrogens is 1. The highest BCUT2D eigenvalue weighted by Gasteiger charge is 2.19. The van der Waals surface area contributed by atoms with E-state index in [4.69, 9.17) is 15.1 Å². The zero-order valence-corrected chi connectivity index (χ0v) is 12.1. The second-order valence-corrected chi connectivity index (χ2v) is 5.66. The van der Waals surface area contributed by atoms with Crippen molar-refractivity contribution < 1.29 is 15.1 Å². The van der Waals surface area contributed by atoms with Gasteiger partial charge in [-0.1, -0.05) is 17.4 Å². The minimum atomic E-state index is -0.347. The number of fused-ring (bicyclic) bond motifs is 3. The Balaban J connectivity index is 2.05. The van der Waals surface area contributed by atoms with E-state index in [2.05, 4.69) is 9.98 Å². The predicted molar refractivity (Wildman–Crippen MR) is 80.4 cm³/mol. The number of rotatable bonds is 4. The summed E-state index contributed by atoms with van der Waals surface area (Å²) < 4.78 is 5.16. The molecule has 0 saturated carbocycles. The number of nitrogens with one attached hydrogen (secondary N) is 1. The van der Waals surface area contributed by atoms with Crippen molar-refractivity contribution in [2.45, 2.75) is 19.3 Å². The molecule has 0 radical (unpaired) electrons. The number of aliphatic imine (C=N–C) groups is 1. The smallest absolute Gasteiger partial charge is 0.211 e. The number of benzene rings is 1. The summed E-state index contributed by atoms with van der Waals surface area (Å²) in [5.74, 6) is 0.624. The van der Waals surface area contributed by atoms with E-state index in [1.165, 1.54) is 28.1 Å². The van der Waals surface area contributed by atoms with Crippen LogP contribution in [0.1, 0.15) is 16.9 Å². The minimum absolute atomic E-state index is 0.347. The van der Waals surface area contributed by atoms with Crippen molar-refractivity contribution >= 4 is 22.8 Å². The normalized spacial score (nSPS) is 13.6. The maximum Gasteiger partial charge on any atom is 0.211 e. The van der Waals surface area contributed by atoms with Gasteiger partial charge in [0.15, 0.2) is 6.79 Å². The van der Waals surface area contributed by atoms with Gasteiger partial charge in [0.2, 0.25) is 5.13 Å². The highest BCUT2D eigenvalue weighted by Crippen LogP contribution is 2.39. The Hall–Kier alpha value is -1.96. The zero-order valence-electron chi connectivity index (χ0n) is 11.2. The average molecular weight is 305 g/mol. The first-order valence-electron chi connectivity index (χ1n) is 6.60. The van der Waals surface area contributed by atoms with E-state index in [0.29, 0.717) is 10.9 Å². The monoisotopic (exact) mass is 305 g/mol. The molecule has 7 heteroatoms. The van der Waals surface area contributed by atoms with Crippen molar-refractivity contribution in [3.05, 3.63) is 28.6 Å². The minimum Gasteiger partial charge on any atom is -0.468 e. The van der Waals surface area contributed by atoms with Crippen molar-refractivity contribution in [1.82, 2.24) is 10.5 Å². The standard InChI is InChI=1S/C14H15N3O3S/c18-8-20-10-5-4-9-2-1-3-12-13(11(9)6-10)17-14(21-12)15-7-16-19/h4-7,18-19H,1-3,8H2,(H,15,16,17). The molecule has 21 heavy (non-hydrogen) atoms. The molecule has 3 rings (SSSR count).